The van der Waals surface area contributed by atoms with Crippen LogP contribution in [-0.4, -0.2) is 16.9 Å². The summed E-state index contributed by atoms with van der Waals surface area (Å²) in [4.78, 5) is 29.5. The van der Waals surface area contributed by atoms with Crippen LogP contribution in [0.5, 0.6) is 0 Å². The molecule has 4 rings (SSSR count). The largest absolute Gasteiger partial charge is 0.453 e. The molecular weight excluding hydrogens is 428 g/mol. The Hall–Kier alpha value is -2.51. The number of carbonyl (C=O) groups is 2. The number of ether oxygens (including phenoxy) is 1. The van der Waals surface area contributed by atoms with Crippen LogP contribution in [0.1, 0.15) is 38.9 Å². The fourth-order valence-electron chi connectivity index (χ4n) is 2.96. The third kappa shape index (κ3) is 4.09. The Labute approximate surface area is 168 Å². The van der Waals surface area contributed by atoms with Gasteiger partial charge in [0.05, 0.1) is 12.0 Å². The summed E-state index contributed by atoms with van der Waals surface area (Å²) in [6, 6.07) is 15.2. The Morgan fingerprint density at radius 1 is 1.19 bits per heavy atom. The van der Waals surface area contributed by atoms with Crippen LogP contribution in [0.15, 0.2) is 59.2 Å². The van der Waals surface area contributed by atoms with Crippen molar-refractivity contribution in [3.8, 4) is 0 Å². The number of anilines is 1. The van der Waals surface area contributed by atoms with Gasteiger partial charge in [0.2, 0.25) is 5.91 Å². The fourth-order valence-corrected chi connectivity index (χ4v) is 4.09. The first-order chi connectivity index (χ1) is 13.1. The smallest absolute Gasteiger partial charge is 0.339 e. The summed E-state index contributed by atoms with van der Waals surface area (Å²) in [7, 11) is 0. The molecule has 1 aliphatic heterocycles. The standard InChI is InChI=1S/C20H15BrN2O3S/c21-13-7-5-12(6-8-13)9-14-11-22-20(27-14)23-18(24)10-17-15-3-1-2-4-16(15)19(25)26-17/h1-8,11,17H,9-10H2,(H,22,23,24)/t17-/m1/s1. The van der Waals surface area contributed by atoms with E-state index in [9.17, 15) is 9.59 Å². The topological polar surface area (TPSA) is 68.3 Å². The first kappa shape index (κ1) is 17.9. The Morgan fingerprint density at radius 2 is 1.96 bits per heavy atom. The van der Waals surface area contributed by atoms with Crippen LogP contribution in [0.2, 0.25) is 0 Å². The number of hydrogen-bond acceptors (Lipinski definition) is 5. The quantitative estimate of drug-likeness (QED) is 0.579. The van der Waals surface area contributed by atoms with Crippen molar-refractivity contribution in [2.75, 3.05) is 5.32 Å². The highest BCUT2D eigenvalue weighted by molar-refractivity contribution is 9.10. The molecule has 5 nitrogen and oxygen atoms in total. The number of fused-ring (bicyclic) bond motifs is 1. The average Bonchev–Trinajstić information content (AvgIpc) is 3.22. The van der Waals surface area contributed by atoms with E-state index in [1.807, 2.05) is 36.4 Å². The first-order valence-corrected chi connectivity index (χ1v) is 9.98. The number of thiazole rings is 1. The van der Waals surface area contributed by atoms with Crippen molar-refractivity contribution in [3.05, 3.63) is 80.8 Å². The molecule has 1 atom stereocenters. The highest BCUT2D eigenvalue weighted by Crippen LogP contribution is 2.33. The van der Waals surface area contributed by atoms with Gasteiger partial charge in [0.1, 0.15) is 6.10 Å². The number of nitrogens with one attached hydrogen (secondary N) is 1. The second-order valence-corrected chi connectivity index (χ2v) is 8.20. The number of aromatic nitrogens is 1. The van der Waals surface area contributed by atoms with E-state index in [0.29, 0.717) is 10.7 Å². The lowest BCUT2D eigenvalue weighted by molar-refractivity contribution is -0.118. The predicted octanol–water partition coefficient (Wildman–Crippen LogP) is 4.74. The molecule has 0 saturated heterocycles. The van der Waals surface area contributed by atoms with Crippen molar-refractivity contribution in [2.45, 2.75) is 18.9 Å². The van der Waals surface area contributed by atoms with Crippen LogP contribution >= 0.6 is 27.3 Å². The van der Waals surface area contributed by atoms with Crippen LogP contribution < -0.4 is 5.32 Å². The summed E-state index contributed by atoms with van der Waals surface area (Å²) < 4.78 is 6.35. The summed E-state index contributed by atoms with van der Waals surface area (Å²) in [6.07, 6.45) is 2.06. The number of hydrogen-bond donors (Lipinski definition) is 1. The van der Waals surface area contributed by atoms with Crippen molar-refractivity contribution in [1.82, 2.24) is 4.98 Å². The molecule has 27 heavy (non-hydrogen) atoms. The Bertz CT molecular complexity index is 1000. The Morgan fingerprint density at radius 3 is 2.78 bits per heavy atom. The van der Waals surface area contributed by atoms with E-state index in [1.54, 1.807) is 18.3 Å². The lowest BCUT2D eigenvalue weighted by atomic mass is 10.0. The maximum absolute atomic E-state index is 12.3. The van der Waals surface area contributed by atoms with Gasteiger partial charge in [0, 0.05) is 27.5 Å². The molecule has 1 amide bonds. The molecule has 0 radical (unpaired) electrons. The molecule has 0 saturated carbocycles. The van der Waals surface area contributed by atoms with Gasteiger partial charge in [-0.05, 0) is 23.8 Å². The molecule has 1 aromatic heterocycles. The maximum atomic E-state index is 12.3. The number of benzene rings is 2. The van der Waals surface area contributed by atoms with Gasteiger partial charge in [-0.2, -0.15) is 0 Å². The molecule has 2 heterocycles. The van der Waals surface area contributed by atoms with Gasteiger partial charge in [-0.15, -0.1) is 11.3 Å². The molecule has 0 unspecified atom stereocenters. The third-order valence-electron chi connectivity index (χ3n) is 4.24. The summed E-state index contributed by atoms with van der Waals surface area (Å²) in [5.74, 6) is -0.608. The molecule has 2 aromatic carbocycles. The van der Waals surface area contributed by atoms with E-state index < -0.39 is 6.10 Å². The number of halogens is 1. The van der Waals surface area contributed by atoms with Crippen molar-refractivity contribution >= 4 is 44.3 Å². The molecule has 0 fully saturated rings. The fraction of sp³-hybridized carbons (Fsp3) is 0.150. The van der Waals surface area contributed by atoms with Gasteiger partial charge in [-0.3, -0.25) is 4.79 Å². The van der Waals surface area contributed by atoms with Crippen LogP contribution in [-0.2, 0) is 16.0 Å². The zero-order valence-corrected chi connectivity index (χ0v) is 16.5. The number of esters is 1. The number of amides is 1. The van der Waals surface area contributed by atoms with E-state index in [0.717, 1.165) is 21.3 Å². The van der Waals surface area contributed by atoms with E-state index in [1.165, 1.54) is 16.9 Å². The van der Waals surface area contributed by atoms with Gasteiger partial charge in [-0.25, -0.2) is 9.78 Å². The number of nitrogens with zero attached hydrogens (tertiary/aromatic N) is 1. The Kier molecular flexibility index (Phi) is 5.05. The zero-order valence-electron chi connectivity index (χ0n) is 14.1. The second-order valence-electron chi connectivity index (χ2n) is 6.17. The summed E-state index contributed by atoms with van der Waals surface area (Å²) in [6.45, 7) is 0. The van der Waals surface area contributed by atoms with Crippen LogP contribution in [0.3, 0.4) is 0 Å². The molecule has 1 N–H and O–H groups in total. The van der Waals surface area contributed by atoms with E-state index in [2.05, 4.69) is 26.2 Å². The van der Waals surface area contributed by atoms with Crippen LogP contribution in [0, 0.1) is 0 Å². The average molecular weight is 443 g/mol. The third-order valence-corrected chi connectivity index (χ3v) is 5.68. The number of cyclic esters (lactones) is 1. The highest BCUT2D eigenvalue weighted by Gasteiger charge is 2.32. The van der Waals surface area contributed by atoms with Gasteiger partial charge in [0.15, 0.2) is 5.13 Å². The van der Waals surface area contributed by atoms with Gasteiger partial charge >= 0.3 is 5.97 Å². The maximum Gasteiger partial charge on any atom is 0.339 e. The van der Waals surface area contributed by atoms with E-state index in [-0.39, 0.29) is 18.3 Å². The van der Waals surface area contributed by atoms with E-state index >= 15 is 0 Å². The molecule has 0 spiro atoms. The lowest BCUT2D eigenvalue weighted by Crippen LogP contribution is -2.15. The predicted molar refractivity (Wildman–Crippen MR) is 107 cm³/mol. The van der Waals surface area contributed by atoms with Crippen molar-refractivity contribution in [1.29, 1.82) is 0 Å². The summed E-state index contributed by atoms with van der Waals surface area (Å²) in [5.41, 5.74) is 2.46. The molecular formula is C20H15BrN2O3S. The van der Waals surface area contributed by atoms with Gasteiger partial charge in [0.25, 0.3) is 0 Å². The minimum absolute atomic E-state index is 0.0738. The van der Waals surface area contributed by atoms with Crippen LogP contribution in [0.25, 0.3) is 0 Å². The number of carbonyl (C=O) groups excluding carboxylic acids is 2. The van der Waals surface area contributed by atoms with Crippen molar-refractivity contribution in [2.24, 2.45) is 0 Å². The minimum atomic E-state index is -0.545. The summed E-state index contributed by atoms with van der Waals surface area (Å²) >= 11 is 4.87. The van der Waals surface area contributed by atoms with Crippen molar-refractivity contribution < 1.29 is 14.3 Å². The number of rotatable bonds is 5. The first-order valence-electron chi connectivity index (χ1n) is 8.37. The minimum Gasteiger partial charge on any atom is -0.453 e. The van der Waals surface area contributed by atoms with Gasteiger partial charge < -0.3 is 10.1 Å². The van der Waals surface area contributed by atoms with Gasteiger partial charge in [-0.1, -0.05) is 46.3 Å². The molecule has 0 aliphatic carbocycles. The summed E-state index contributed by atoms with van der Waals surface area (Å²) in [5, 5.41) is 3.35. The lowest BCUT2D eigenvalue weighted by Gasteiger charge is -2.09. The highest BCUT2D eigenvalue weighted by atomic mass is 79.9. The molecule has 0 bridgehead atoms. The molecule has 7 heteroatoms. The second kappa shape index (κ2) is 7.62. The zero-order chi connectivity index (χ0) is 18.8. The Balaban J connectivity index is 1.37. The monoisotopic (exact) mass is 442 g/mol. The van der Waals surface area contributed by atoms with E-state index in [4.69, 9.17) is 4.74 Å². The van der Waals surface area contributed by atoms with Crippen LogP contribution in [0.4, 0.5) is 5.13 Å². The van der Waals surface area contributed by atoms with Crippen molar-refractivity contribution in [3.63, 3.8) is 0 Å². The normalized spacial score (nSPS) is 15.3. The molecule has 1 aliphatic rings. The molecule has 3 aromatic rings. The SMILES string of the molecule is O=C(C[C@H]1OC(=O)c2ccccc21)Nc1ncc(Cc2ccc(Br)cc2)s1. The molecule has 136 valence electrons.